The molecule has 1 heterocycles. The molecule has 0 atom stereocenters. The zero-order chi connectivity index (χ0) is 11.7. The van der Waals surface area contributed by atoms with Crippen LogP contribution in [0.3, 0.4) is 0 Å². The number of benzene rings is 1. The van der Waals surface area contributed by atoms with Crippen molar-refractivity contribution in [2.24, 2.45) is 7.05 Å². The van der Waals surface area contributed by atoms with Crippen LogP contribution >= 0.6 is 0 Å². The first-order valence-corrected chi connectivity index (χ1v) is 5.14. The first kappa shape index (κ1) is 10.4. The van der Waals surface area contributed by atoms with Crippen LogP contribution < -0.4 is 0 Å². The largest absolute Gasteiger partial charge is 0.319 e. The minimum absolute atomic E-state index is 0.623. The lowest BCUT2D eigenvalue weighted by molar-refractivity contribution is 0.904. The SMILES string of the molecule is Cc1ccccc1-c1nc(C)c(C#N)n1C. The highest BCUT2D eigenvalue weighted by Crippen LogP contribution is 2.23. The second-order valence-corrected chi connectivity index (χ2v) is 3.86. The zero-order valence-electron chi connectivity index (χ0n) is 9.65. The monoisotopic (exact) mass is 211 g/mol. The number of nitriles is 1. The molecule has 0 aliphatic heterocycles. The lowest BCUT2D eigenvalue weighted by Crippen LogP contribution is -1.96. The van der Waals surface area contributed by atoms with Gasteiger partial charge >= 0.3 is 0 Å². The normalized spacial score (nSPS) is 10.1. The molecule has 16 heavy (non-hydrogen) atoms. The van der Waals surface area contributed by atoms with E-state index in [4.69, 9.17) is 5.26 Å². The summed E-state index contributed by atoms with van der Waals surface area (Å²) in [7, 11) is 1.88. The summed E-state index contributed by atoms with van der Waals surface area (Å²) in [6.07, 6.45) is 0. The third kappa shape index (κ3) is 1.49. The quantitative estimate of drug-likeness (QED) is 0.727. The fraction of sp³-hybridized carbons (Fsp3) is 0.231. The molecular weight excluding hydrogens is 198 g/mol. The van der Waals surface area contributed by atoms with Crippen molar-refractivity contribution in [1.82, 2.24) is 9.55 Å². The van der Waals surface area contributed by atoms with Gasteiger partial charge in [-0.2, -0.15) is 5.26 Å². The summed E-state index contributed by atoms with van der Waals surface area (Å²) >= 11 is 0. The average Bonchev–Trinajstić information content (AvgIpc) is 2.55. The summed E-state index contributed by atoms with van der Waals surface area (Å²) in [6.45, 7) is 3.91. The fourth-order valence-electron chi connectivity index (χ4n) is 1.86. The van der Waals surface area contributed by atoms with Gasteiger partial charge in [0.1, 0.15) is 17.6 Å². The average molecular weight is 211 g/mol. The minimum Gasteiger partial charge on any atom is -0.319 e. The van der Waals surface area contributed by atoms with Crippen LogP contribution in [-0.2, 0) is 7.05 Å². The molecule has 1 aromatic carbocycles. The smallest absolute Gasteiger partial charge is 0.143 e. The topological polar surface area (TPSA) is 41.6 Å². The molecule has 0 aliphatic rings. The van der Waals surface area contributed by atoms with Crippen molar-refractivity contribution in [3.63, 3.8) is 0 Å². The second kappa shape index (κ2) is 3.82. The molecule has 0 saturated heterocycles. The maximum atomic E-state index is 9.02. The summed E-state index contributed by atoms with van der Waals surface area (Å²) < 4.78 is 1.84. The van der Waals surface area contributed by atoms with Crippen molar-refractivity contribution in [2.75, 3.05) is 0 Å². The lowest BCUT2D eigenvalue weighted by Gasteiger charge is -2.05. The lowest BCUT2D eigenvalue weighted by atomic mass is 10.1. The van der Waals surface area contributed by atoms with Gasteiger partial charge in [-0.1, -0.05) is 24.3 Å². The molecule has 0 amide bonds. The Morgan fingerprint density at radius 1 is 1.25 bits per heavy atom. The van der Waals surface area contributed by atoms with Crippen molar-refractivity contribution >= 4 is 0 Å². The number of imidazole rings is 1. The summed E-state index contributed by atoms with van der Waals surface area (Å²) in [5, 5.41) is 9.02. The molecule has 1 aromatic heterocycles. The molecule has 0 N–H and O–H groups in total. The molecule has 0 saturated carbocycles. The summed E-state index contributed by atoms with van der Waals surface area (Å²) in [6, 6.07) is 10.2. The molecule has 0 fully saturated rings. The van der Waals surface area contributed by atoms with E-state index in [0.29, 0.717) is 5.69 Å². The minimum atomic E-state index is 0.623. The van der Waals surface area contributed by atoms with Crippen molar-refractivity contribution in [3.8, 4) is 17.5 Å². The predicted molar refractivity (Wildman–Crippen MR) is 62.8 cm³/mol. The number of hydrogen-bond acceptors (Lipinski definition) is 2. The Labute approximate surface area is 95.0 Å². The van der Waals surface area contributed by atoms with E-state index in [1.807, 2.05) is 49.7 Å². The van der Waals surface area contributed by atoms with Crippen LogP contribution in [0.25, 0.3) is 11.4 Å². The second-order valence-electron chi connectivity index (χ2n) is 3.86. The molecule has 0 radical (unpaired) electrons. The molecule has 0 spiro atoms. The van der Waals surface area contributed by atoms with Crippen LogP contribution in [0, 0.1) is 25.2 Å². The maximum absolute atomic E-state index is 9.02. The van der Waals surface area contributed by atoms with E-state index in [0.717, 1.165) is 17.1 Å². The van der Waals surface area contributed by atoms with Crippen molar-refractivity contribution < 1.29 is 0 Å². The number of nitrogens with zero attached hydrogens (tertiary/aromatic N) is 3. The van der Waals surface area contributed by atoms with E-state index in [9.17, 15) is 0 Å². The first-order valence-electron chi connectivity index (χ1n) is 5.14. The van der Waals surface area contributed by atoms with Crippen LogP contribution in [0.15, 0.2) is 24.3 Å². The van der Waals surface area contributed by atoms with Crippen LogP contribution in [0.5, 0.6) is 0 Å². The van der Waals surface area contributed by atoms with Crippen LogP contribution in [0.2, 0.25) is 0 Å². The Morgan fingerprint density at radius 3 is 2.50 bits per heavy atom. The maximum Gasteiger partial charge on any atom is 0.143 e. The Kier molecular flexibility index (Phi) is 2.49. The van der Waals surface area contributed by atoms with Crippen molar-refractivity contribution in [3.05, 3.63) is 41.2 Å². The summed E-state index contributed by atoms with van der Waals surface area (Å²) in [4.78, 5) is 4.45. The van der Waals surface area contributed by atoms with Gasteiger partial charge in [-0.15, -0.1) is 0 Å². The summed E-state index contributed by atoms with van der Waals surface area (Å²) in [5.41, 5.74) is 3.65. The van der Waals surface area contributed by atoms with Crippen LogP contribution in [-0.4, -0.2) is 9.55 Å². The Morgan fingerprint density at radius 2 is 1.94 bits per heavy atom. The molecule has 3 nitrogen and oxygen atoms in total. The van der Waals surface area contributed by atoms with Crippen LogP contribution in [0.4, 0.5) is 0 Å². The molecule has 3 heteroatoms. The van der Waals surface area contributed by atoms with Gasteiger partial charge in [-0.05, 0) is 19.4 Å². The molecule has 0 unspecified atom stereocenters. The van der Waals surface area contributed by atoms with Gasteiger partial charge in [0.15, 0.2) is 0 Å². The van der Waals surface area contributed by atoms with Gasteiger partial charge in [0, 0.05) is 12.6 Å². The number of rotatable bonds is 1. The molecule has 2 aromatic rings. The number of hydrogen-bond donors (Lipinski definition) is 0. The first-order chi connectivity index (χ1) is 7.65. The third-order valence-corrected chi connectivity index (χ3v) is 2.76. The van der Waals surface area contributed by atoms with E-state index in [-0.39, 0.29) is 0 Å². The van der Waals surface area contributed by atoms with Gasteiger partial charge in [0.25, 0.3) is 0 Å². The highest BCUT2D eigenvalue weighted by molar-refractivity contribution is 5.62. The van der Waals surface area contributed by atoms with E-state index in [2.05, 4.69) is 11.1 Å². The Bertz CT molecular complexity index is 573. The molecule has 80 valence electrons. The standard InChI is InChI=1S/C13H13N3/c1-9-6-4-5-7-11(9)13-15-10(2)12(8-14)16(13)3/h4-7H,1-3H3. The van der Waals surface area contributed by atoms with Gasteiger partial charge in [-0.25, -0.2) is 4.98 Å². The fourth-order valence-corrected chi connectivity index (χ4v) is 1.86. The van der Waals surface area contributed by atoms with E-state index in [1.165, 1.54) is 5.56 Å². The summed E-state index contributed by atoms with van der Waals surface area (Å²) in [5.74, 6) is 0.854. The van der Waals surface area contributed by atoms with Crippen molar-refractivity contribution in [2.45, 2.75) is 13.8 Å². The third-order valence-electron chi connectivity index (χ3n) is 2.76. The zero-order valence-corrected chi connectivity index (χ0v) is 9.65. The predicted octanol–water partition coefficient (Wildman–Crippen LogP) is 2.58. The van der Waals surface area contributed by atoms with Gasteiger partial charge in [-0.3, -0.25) is 0 Å². The molecule has 0 bridgehead atoms. The molecule has 0 aliphatic carbocycles. The van der Waals surface area contributed by atoms with Gasteiger partial charge in [0.2, 0.25) is 0 Å². The highest BCUT2D eigenvalue weighted by atomic mass is 15.1. The molecular formula is C13H13N3. The molecule has 2 rings (SSSR count). The van der Waals surface area contributed by atoms with Gasteiger partial charge < -0.3 is 4.57 Å². The Balaban J connectivity index is 2.68. The Hall–Kier alpha value is -2.08. The van der Waals surface area contributed by atoms with E-state index >= 15 is 0 Å². The highest BCUT2D eigenvalue weighted by Gasteiger charge is 2.13. The van der Waals surface area contributed by atoms with Gasteiger partial charge in [0.05, 0.1) is 5.69 Å². The number of aryl methyl sites for hydroxylation is 2. The van der Waals surface area contributed by atoms with Crippen LogP contribution in [0.1, 0.15) is 17.0 Å². The van der Waals surface area contributed by atoms with Crippen molar-refractivity contribution in [1.29, 1.82) is 5.26 Å². The van der Waals surface area contributed by atoms with E-state index < -0.39 is 0 Å². The van der Waals surface area contributed by atoms with E-state index in [1.54, 1.807) is 0 Å². The number of aromatic nitrogens is 2.